The molecule has 94 valence electrons. The van der Waals surface area contributed by atoms with Crippen LogP contribution in [0.3, 0.4) is 0 Å². The average molecular weight is 277 g/mol. The Balaban J connectivity index is 1.59. The van der Waals surface area contributed by atoms with Gasteiger partial charge in [0, 0.05) is 27.7 Å². The summed E-state index contributed by atoms with van der Waals surface area (Å²) in [5.74, 6) is 0.850. The van der Waals surface area contributed by atoms with E-state index in [1.54, 1.807) is 0 Å². The molecule has 1 heterocycles. The maximum absolute atomic E-state index is 4.34. The molecule has 0 amide bonds. The maximum atomic E-state index is 4.34. The Bertz CT molecular complexity index is 520. The lowest BCUT2D eigenvalue weighted by Gasteiger charge is -2.14. The summed E-state index contributed by atoms with van der Waals surface area (Å²) < 4.78 is 4.54. The zero-order chi connectivity index (χ0) is 12.4. The molecule has 1 fully saturated rings. The van der Waals surface area contributed by atoms with Crippen molar-refractivity contribution >= 4 is 28.4 Å². The Morgan fingerprint density at radius 1 is 1.33 bits per heavy atom. The summed E-state index contributed by atoms with van der Waals surface area (Å²) in [6, 6.07) is 10.6. The first-order chi connectivity index (χ1) is 8.76. The standard InChI is InChI=1S/C13H15N3S2/c1-10-15-12(18-16-10)14-9-13(7-8-13)17-11-5-3-2-4-6-11/h2-6H,7-9H2,1H3,(H,14,15,16). The number of aromatic nitrogens is 2. The molecule has 1 aromatic carbocycles. The average Bonchev–Trinajstić information content (AvgIpc) is 3.02. The second kappa shape index (κ2) is 4.90. The predicted molar refractivity (Wildman–Crippen MR) is 77.4 cm³/mol. The quantitative estimate of drug-likeness (QED) is 0.906. The molecule has 2 aromatic rings. The minimum atomic E-state index is 0.362. The molecule has 1 aliphatic carbocycles. The highest BCUT2D eigenvalue weighted by Gasteiger charge is 2.43. The number of hydrogen-bond acceptors (Lipinski definition) is 5. The monoisotopic (exact) mass is 277 g/mol. The Morgan fingerprint density at radius 2 is 2.11 bits per heavy atom. The fraction of sp³-hybridized carbons (Fsp3) is 0.385. The van der Waals surface area contributed by atoms with Crippen molar-refractivity contribution in [1.82, 2.24) is 9.36 Å². The third kappa shape index (κ3) is 2.84. The van der Waals surface area contributed by atoms with E-state index in [4.69, 9.17) is 0 Å². The summed E-state index contributed by atoms with van der Waals surface area (Å²) in [6.07, 6.45) is 2.55. The molecule has 1 aromatic heterocycles. The molecule has 0 unspecified atom stereocenters. The van der Waals surface area contributed by atoms with Gasteiger partial charge in [0.05, 0.1) is 0 Å². The third-order valence-electron chi connectivity index (χ3n) is 2.97. The van der Waals surface area contributed by atoms with Crippen LogP contribution >= 0.6 is 23.3 Å². The van der Waals surface area contributed by atoms with Crippen molar-refractivity contribution < 1.29 is 0 Å². The first-order valence-electron chi connectivity index (χ1n) is 6.04. The van der Waals surface area contributed by atoms with Crippen LogP contribution in [0.4, 0.5) is 5.13 Å². The van der Waals surface area contributed by atoms with Gasteiger partial charge in [-0.1, -0.05) is 18.2 Å². The maximum Gasteiger partial charge on any atom is 0.202 e. The molecule has 1 saturated carbocycles. The molecule has 0 saturated heterocycles. The minimum Gasteiger partial charge on any atom is -0.359 e. The Morgan fingerprint density at radius 3 is 2.72 bits per heavy atom. The molecular formula is C13H15N3S2. The molecule has 0 radical (unpaired) electrons. The van der Waals surface area contributed by atoms with Gasteiger partial charge in [0.25, 0.3) is 0 Å². The van der Waals surface area contributed by atoms with Crippen LogP contribution in [0.5, 0.6) is 0 Å². The number of aryl methyl sites for hydroxylation is 1. The molecule has 0 atom stereocenters. The number of anilines is 1. The van der Waals surface area contributed by atoms with Crippen molar-refractivity contribution in [2.24, 2.45) is 0 Å². The molecule has 0 aliphatic heterocycles. The molecule has 0 bridgehead atoms. The third-order valence-corrected chi connectivity index (χ3v) is 5.23. The first-order valence-corrected chi connectivity index (χ1v) is 7.63. The van der Waals surface area contributed by atoms with E-state index in [2.05, 4.69) is 45.0 Å². The van der Waals surface area contributed by atoms with Gasteiger partial charge in [-0.2, -0.15) is 4.37 Å². The van der Waals surface area contributed by atoms with Gasteiger partial charge < -0.3 is 5.32 Å². The Labute approximate surface area is 115 Å². The van der Waals surface area contributed by atoms with Crippen LogP contribution in [0.15, 0.2) is 35.2 Å². The second-order valence-corrected chi connectivity index (χ2v) is 6.89. The fourth-order valence-electron chi connectivity index (χ4n) is 1.80. The van der Waals surface area contributed by atoms with E-state index in [1.807, 2.05) is 18.7 Å². The number of benzene rings is 1. The van der Waals surface area contributed by atoms with Crippen molar-refractivity contribution in [3.63, 3.8) is 0 Å². The van der Waals surface area contributed by atoms with Crippen LogP contribution in [-0.4, -0.2) is 20.6 Å². The lowest BCUT2D eigenvalue weighted by atomic mass is 10.4. The predicted octanol–water partition coefficient (Wildman–Crippen LogP) is 3.58. The van der Waals surface area contributed by atoms with Crippen LogP contribution in [0.2, 0.25) is 0 Å². The smallest absolute Gasteiger partial charge is 0.202 e. The topological polar surface area (TPSA) is 37.8 Å². The summed E-state index contributed by atoms with van der Waals surface area (Å²) in [5.41, 5.74) is 0. The van der Waals surface area contributed by atoms with Crippen LogP contribution < -0.4 is 5.32 Å². The van der Waals surface area contributed by atoms with Crippen LogP contribution in [0.1, 0.15) is 18.7 Å². The van der Waals surface area contributed by atoms with Gasteiger partial charge in [-0.05, 0) is 31.9 Å². The van der Waals surface area contributed by atoms with E-state index in [9.17, 15) is 0 Å². The van der Waals surface area contributed by atoms with Crippen molar-refractivity contribution in [1.29, 1.82) is 0 Å². The van der Waals surface area contributed by atoms with E-state index in [-0.39, 0.29) is 0 Å². The zero-order valence-electron chi connectivity index (χ0n) is 10.2. The van der Waals surface area contributed by atoms with E-state index in [0.29, 0.717) is 4.75 Å². The number of thioether (sulfide) groups is 1. The number of hydrogen-bond donors (Lipinski definition) is 1. The lowest BCUT2D eigenvalue weighted by molar-refractivity contribution is 0.940. The van der Waals surface area contributed by atoms with Gasteiger partial charge in [-0.15, -0.1) is 11.8 Å². The number of nitrogens with zero attached hydrogens (tertiary/aromatic N) is 2. The van der Waals surface area contributed by atoms with E-state index in [1.165, 1.54) is 29.3 Å². The summed E-state index contributed by atoms with van der Waals surface area (Å²) >= 11 is 3.42. The normalized spacial score (nSPS) is 16.5. The van der Waals surface area contributed by atoms with Gasteiger partial charge >= 0.3 is 0 Å². The summed E-state index contributed by atoms with van der Waals surface area (Å²) in [5, 5.41) is 4.35. The van der Waals surface area contributed by atoms with Gasteiger partial charge in [-0.3, -0.25) is 0 Å². The molecule has 1 aliphatic rings. The van der Waals surface area contributed by atoms with E-state index >= 15 is 0 Å². The molecule has 3 nitrogen and oxygen atoms in total. The van der Waals surface area contributed by atoms with Crippen molar-refractivity contribution in [3.05, 3.63) is 36.2 Å². The fourth-order valence-corrected chi connectivity index (χ4v) is 3.61. The zero-order valence-corrected chi connectivity index (χ0v) is 11.9. The molecular weight excluding hydrogens is 262 g/mol. The SMILES string of the molecule is Cc1nsc(NCC2(Sc3ccccc3)CC2)n1. The van der Waals surface area contributed by atoms with E-state index in [0.717, 1.165) is 17.5 Å². The molecule has 5 heteroatoms. The van der Waals surface area contributed by atoms with Crippen LogP contribution in [0.25, 0.3) is 0 Å². The molecule has 18 heavy (non-hydrogen) atoms. The Hall–Kier alpha value is -1.07. The second-order valence-electron chi connectivity index (χ2n) is 4.60. The van der Waals surface area contributed by atoms with Gasteiger partial charge in [0.2, 0.25) is 5.13 Å². The number of rotatable bonds is 5. The summed E-state index contributed by atoms with van der Waals surface area (Å²) in [7, 11) is 0. The molecule has 1 N–H and O–H groups in total. The summed E-state index contributed by atoms with van der Waals surface area (Å²) in [4.78, 5) is 5.69. The highest BCUT2D eigenvalue weighted by atomic mass is 32.2. The lowest BCUT2D eigenvalue weighted by Crippen LogP contribution is -2.17. The van der Waals surface area contributed by atoms with E-state index < -0.39 is 0 Å². The van der Waals surface area contributed by atoms with Gasteiger partial charge in [0.15, 0.2) is 0 Å². The largest absolute Gasteiger partial charge is 0.359 e. The first kappa shape index (κ1) is 12.0. The van der Waals surface area contributed by atoms with Crippen molar-refractivity contribution in [3.8, 4) is 0 Å². The number of nitrogens with one attached hydrogen (secondary N) is 1. The van der Waals surface area contributed by atoms with Crippen LogP contribution in [-0.2, 0) is 0 Å². The van der Waals surface area contributed by atoms with Crippen molar-refractivity contribution in [2.45, 2.75) is 29.4 Å². The Kier molecular flexibility index (Phi) is 3.26. The highest BCUT2D eigenvalue weighted by Crippen LogP contribution is 2.51. The minimum absolute atomic E-state index is 0.362. The summed E-state index contributed by atoms with van der Waals surface area (Å²) in [6.45, 7) is 2.90. The molecule has 3 rings (SSSR count). The molecule has 0 spiro atoms. The van der Waals surface area contributed by atoms with Gasteiger partial charge in [0.1, 0.15) is 5.82 Å². The van der Waals surface area contributed by atoms with Crippen molar-refractivity contribution in [2.75, 3.05) is 11.9 Å². The van der Waals surface area contributed by atoms with Gasteiger partial charge in [-0.25, -0.2) is 4.98 Å². The highest BCUT2D eigenvalue weighted by molar-refractivity contribution is 8.01. The van der Waals surface area contributed by atoms with Crippen LogP contribution in [0, 0.1) is 6.92 Å².